The molecule has 128 valence electrons. The van der Waals surface area contributed by atoms with Gasteiger partial charge in [-0.05, 0) is 47.5 Å². The molecule has 0 aromatic heterocycles. The molecule has 0 unspecified atom stereocenters. The number of hydrogen-bond acceptors (Lipinski definition) is 2. The highest BCUT2D eigenvalue weighted by Crippen LogP contribution is 2.22. The van der Waals surface area contributed by atoms with Crippen molar-refractivity contribution in [2.45, 2.75) is 13.0 Å². The molecule has 0 spiro atoms. The van der Waals surface area contributed by atoms with Gasteiger partial charge in [-0.1, -0.05) is 59.6 Å². The van der Waals surface area contributed by atoms with Crippen LogP contribution in [0.4, 0.5) is 5.69 Å². The lowest BCUT2D eigenvalue weighted by Gasteiger charge is -2.10. The van der Waals surface area contributed by atoms with Gasteiger partial charge >= 0.3 is 0 Å². The summed E-state index contributed by atoms with van der Waals surface area (Å²) in [6, 6.07) is 23.8. The highest BCUT2D eigenvalue weighted by Gasteiger charge is 2.02. The average molecular weight is 372 g/mol. The van der Waals surface area contributed by atoms with Crippen molar-refractivity contribution in [2.75, 3.05) is 11.9 Å². The van der Waals surface area contributed by atoms with Gasteiger partial charge in [0.25, 0.3) is 0 Å². The SMILES string of the molecule is Clc1ccc(CNc2ccc(OCCc3ccccc3)cc2)c(Cl)c1. The van der Waals surface area contributed by atoms with Crippen LogP contribution in [0.25, 0.3) is 0 Å². The standard InChI is InChI=1S/C21H19Cl2NO/c22-18-7-6-17(21(23)14-18)15-24-19-8-10-20(11-9-19)25-13-12-16-4-2-1-3-5-16/h1-11,14,24H,12-13,15H2. The van der Waals surface area contributed by atoms with Gasteiger partial charge in [0.15, 0.2) is 0 Å². The molecule has 0 bridgehead atoms. The molecular formula is C21H19Cl2NO. The van der Waals surface area contributed by atoms with E-state index in [1.807, 2.05) is 54.6 Å². The quantitative estimate of drug-likeness (QED) is 0.531. The van der Waals surface area contributed by atoms with E-state index in [9.17, 15) is 0 Å². The summed E-state index contributed by atoms with van der Waals surface area (Å²) < 4.78 is 5.80. The zero-order chi connectivity index (χ0) is 17.5. The molecule has 0 atom stereocenters. The van der Waals surface area contributed by atoms with Gasteiger partial charge in [0.1, 0.15) is 5.75 Å². The van der Waals surface area contributed by atoms with Crippen LogP contribution in [0.5, 0.6) is 5.75 Å². The molecule has 4 heteroatoms. The first-order chi connectivity index (χ1) is 12.2. The topological polar surface area (TPSA) is 21.3 Å². The van der Waals surface area contributed by atoms with Gasteiger partial charge in [-0.25, -0.2) is 0 Å². The van der Waals surface area contributed by atoms with E-state index in [1.54, 1.807) is 6.07 Å². The summed E-state index contributed by atoms with van der Waals surface area (Å²) in [5.41, 5.74) is 3.30. The monoisotopic (exact) mass is 371 g/mol. The lowest BCUT2D eigenvalue weighted by Crippen LogP contribution is -2.02. The van der Waals surface area contributed by atoms with Gasteiger partial charge in [-0.3, -0.25) is 0 Å². The van der Waals surface area contributed by atoms with Crippen molar-refractivity contribution in [3.8, 4) is 5.75 Å². The first-order valence-electron chi connectivity index (χ1n) is 8.15. The summed E-state index contributed by atoms with van der Waals surface area (Å²) in [6.45, 7) is 1.31. The van der Waals surface area contributed by atoms with Crippen molar-refractivity contribution >= 4 is 28.9 Å². The Balaban J connectivity index is 1.48. The summed E-state index contributed by atoms with van der Waals surface area (Å²) >= 11 is 12.1. The van der Waals surface area contributed by atoms with E-state index in [0.29, 0.717) is 23.2 Å². The Hall–Kier alpha value is -2.16. The fourth-order valence-corrected chi connectivity index (χ4v) is 2.94. The molecule has 3 aromatic carbocycles. The van der Waals surface area contributed by atoms with Gasteiger partial charge in [0.2, 0.25) is 0 Å². The maximum absolute atomic E-state index is 6.18. The third-order valence-electron chi connectivity index (χ3n) is 3.85. The number of hydrogen-bond donors (Lipinski definition) is 1. The highest BCUT2D eigenvalue weighted by molar-refractivity contribution is 6.35. The average Bonchev–Trinajstić information content (AvgIpc) is 2.63. The fraction of sp³-hybridized carbons (Fsp3) is 0.143. The highest BCUT2D eigenvalue weighted by atomic mass is 35.5. The second-order valence-corrected chi connectivity index (χ2v) is 6.54. The fourth-order valence-electron chi connectivity index (χ4n) is 2.46. The van der Waals surface area contributed by atoms with E-state index in [-0.39, 0.29) is 0 Å². The normalized spacial score (nSPS) is 10.5. The van der Waals surface area contributed by atoms with Crippen LogP contribution in [0, 0.1) is 0 Å². The molecule has 0 saturated heterocycles. The molecule has 0 aliphatic heterocycles. The Morgan fingerprint density at radius 1 is 0.840 bits per heavy atom. The molecule has 0 aliphatic rings. The summed E-state index contributed by atoms with van der Waals surface area (Å²) in [5, 5.41) is 4.66. The Bertz CT molecular complexity index is 804. The summed E-state index contributed by atoms with van der Waals surface area (Å²) in [4.78, 5) is 0. The summed E-state index contributed by atoms with van der Waals surface area (Å²) in [6.07, 6.45) is 0.899. The van der Waals surface area contributed by atoms with Gasteiger partial charge in [0, 0.05) is 28.7 Å². The number of rotatable bonds is 7. The van der Waals surface area contributed by atoms with Crippen LogP contribution in [0.3, 0.4) is 0 Å². The van der Waals surface area contributed by atoms with Crippen LogP contribution in [0.2, 0.25) is 10.0 Å². The number of nitrogens with one attached hydrogen (secondary N) is 1. The van der Waals surface area contributed by atoms with Crippen LogP contribution in [0.1, 0.15) is 11.1 Å². The van der Waals surface area contributed by atoms with Crippen molar-refractivity contribution in [2.24, 2.45) is 0 Å². The largest absolute Gasteiger partial charge is 0.493 e. The molecule has 0 radical (unpaired) electrons. The first kappa shape index (κ1) is 17.7. The van der Waals surface area contributed by atoms with Crippen LogP contribution >= 0.6 is 23.2 Å². The molecule has 0 fully saturated rings. The second-order valence-electron chi connectivity index (χ2n) is 5.70. The van der Waals surface area contributed by atoms with Crippen molar-refractivity contribution in [1.82, 2.24) is 0 Å². The summed E-state index contributed by atoms with van der Waals surface area (Å²) in [7, 11) is 0. The maximum Gasteiger partial charge on any atom is 0.119 e. The smallest absolute Gasteiger partial charge is 0.119 e. The summed E-state index contributed by atoms with van der Waals surface area (Å²) in [5.74, 6) is 0.867. The Labute approximate surface area is 158 Å². The molecule has 0 amide bonds. The Morgan fingerprint density at radius 2 is 1.60 bits per heavy atom. The second kappa shape index (κ2) is 8.80. The number of ether oxygens (including phenoxy) is 1. The minimum Gasteiger partial charge on any atom is -0.493 e. The van der Waals surface area contributed by atoms with E-state index >= 15 is 0 Å². The lowest BCUT2D eigenvalue weighted by atomic mass is 10.2. The van der Waals surface area contributed by atoms with Crippen molar-refractivity contribution in [1.29, 1.82) is 0 Å². The zero-order valence-electron chi connectivity index (χ0n) is 13.7. The van der Waals surface area contributed by atoms with E-state index < -0.39 is 0 Å². The third kappa shape index (κ3) is 5.42. The molecule has 0 heterocycles. The minimum absolute atomic E-state index is 0.643. The maximum atomic E-state index is 6.18. The molecule has 25 heavy (non-hydrogen) atoms. The van der Waals surface area contributed by atoms with E-state index in [1.165, 1.54) is 5.56 Å². The molecule has 2 nitrogen and oxygen atoms in total. The molecule has 0 saturated carbocycles. The van der Waals surface area contributed by atoms with E-state index in [4.69, 9.17) is 27.9 Å². The number of halogens is 2. The molecule has 3 aromatic rings. The van der Waals surface area contributed by atoms with Crippen LogP contribution in [-0.2, 0) is 13.0 Å². The van der Waals surface area contributed by atoms with Crippen LogP contribution in [0.15, 0.2) is 72.8 Å². The predicted octanol–water partition coefficient (Wildman–Crippen LogP) is 6.23. The van der Waals surface area contributed by atoms with Crippen molar-refractivity contribution in [3.63, 3.8) is 0 Å². The Kier molecular flexibility index (Phi) is 6.21. The van der Waals surface area contributed by atoms with E-state index in [2.05, 4.69) is 17.4 Å². The number of anilines is 1. The lowest BCUT2D eigenvalue weighted by molar-refractivity contribution is 0.322. The zero-order valence-corrected chi connectivity index (χ0v) is 15.2. The van der Waals surface area contributed by atoms with Gasteiger partial charge in [0.05, 0.1) is 6.61 Å². The minimum atomic E-state index is 0.643. The molecule has 3 rings (SSSR count). The van der Waals surface area contributed by atoms with Gasteiger partial charge in [-0.15, -0.1) is 0 Å². The molecule has 1 N–H and O–H groups in total. The third-order valence-corrected chi connectivity index (χ3v) is 4.44. The van der Waals surface area contributed by atoms with Gasteiger partial charge < -0.3 is 10.1 Å². The van der Waals surface area contributed by atoms with Gasteiger partial charge in [-0.2, -0.15) is 0 Å². The molecular weight excluding hydrogens is 353 g/mol. The number of benzene rings is 3. The molecule has 0 aliphatic carbocycles. The van der Waals surface area contributed by atoms with Crippen LogP contribution in [-0.4, -0.2) is 6.61 Å². The van der Waals surface area contributed by atoms with Crippen LogP contribution < -0.4 is 10.1 Å². The van der Waals surface area contributed by atoms with E-state index in [0.717, 1.165) is 23.4 Å². The Morgan fingerprint density at radius 3 is 2.32 bits per heavy atom. The van der Waals surface area contributed by atoms with Crippen molar-refractivity contribution < 1.29 is 4.74 Å². The van der Waals surface area contributed by atoms with Crippen molar-refractivity contribution in [3.05, 3.63) is 94.0 Å². The predicted molar refractivity (Wildman–Crippen MR) is 106 cm³/mol. The first-order valence-corrected chi connectivity index (χ1v) is 8.91.